The molecule has 2 fully saturated rings. The Labute approximate surface area is 123 Å². The van der Waals surface area contributed by atoms with E-state index in [2.05, 4.69) is 0 Å². The summed E-state index contributed by atoms with van der Waals surface area (Å²) in [4.78, 5) is 14.1. The van der Waals surface area contributed by atoms with Gasteiger partial charge in [-0.1, -0.05) is 6.42 Å². The minimum absolute atomic E-state index is 0. The number of rotatable bonds is 1. The molecule has 1 aliphatic heterocycles. The molecule has 2 heterocycles. The number of amides is 1. The average molecular weight is 305 g/mol. The molecule has 19 heavy (non-hydrogen) atoms. The first-order chi connectivity index (χ1) is 8.65. The van der Waals surface area contributed by atoms with Crippen LogP contribution in [0.4, 0.5) is 0 Å². The molecule has 1 saturated carbocycles. The summed E-state index contributed by atoms with van der Waals surface area (Å²) in [6, 6.07) is 3.47. The molecule has 1 saturated heterocycles. The number of fused-ring (bicyclic) bond motifs is 1. The molecule has 0 bridgehead atoms. The molecular weight excluding hydrogens is 287 g/mol. The van der Waals surface area contributed by atoms with Gasteiger partial charge in [0.05, 0.1) is 0 Å². The highest BCUT2D eigenvalue weighted by Gasteiger charge is 2.41. The van der Waals surface area contributed by atoms with Crippen LogP contribution in [0.2, 0.25) is 5.22 Å². The lowest BCUT2D eigenvalue weighted by molar-refractivity contribution is 0.0752. The average Bonchev–Trinajstić information content (AvgIpc) is 2.95. The molecular formula is C13H18Cl2N2O2. The Morgan fingerprint density at radius 2 is 2.16 bits per heavy atom. The van der Waals surface area contributed by atoms with Crippen molar-refractivity contribution in [3.63, 3.8) is 0 Å². The number of nitrogens with zero attached hydrogens (tertiary/aromatic N) is 1. The summed E-state index contributed by atoms with van der Waals surface area (Å²) in [5.41, 5.74) is 6.14. The topological polar surface area (TPSA) is 59.5 Å². The van der Waals surface area contributed by atoms with Crippen LogP contribution in [0.25, 0.3) is 0 Å². The Morgan fingerprint density at radius 1 is 1.37 bits per heavy atom. The zero-order valence-electron chi connectivity index (χ0n) is 10.5. The van der Waals surface area contributed by atoms with Crippen molar-refractivity contribution >= 4 is 29.9 Å². The van der Waals surface area contributed by atoms with E-state index >= 15 is 0 Å². The van der Waals surface area contributed by atoms with Gasteiger partial charge in [-0.05, 0) is 48.4 Å². The highest BCUT2D eigenvalue weighted by atomic mass is 35.5. The minimum atomic E-state index is -0.0662. The van der Waals surface area contributed by atoms with Gasteiger partial charge in [-0.25, -0.2) is 0 Å². The van der Waals surface area contributed by atoms with Gasteiger partial charge in [-0.2, -0.15) is 0 Å². The van der Waals surface area contributed by atoms with Crippen LogP contribution < -0.4 is 5.73 Å². The fourth-order valence-electron chi connectivity index (χ4n) is 3.27. The summed E-state index contributed by atoms with van der Waals surface area (Å²) in [5, 5.41) is 0.256. The van der Waals surface area contributed by atoms with Crippen molar-refractivity contribution in [3.8, 4) is 0 Å². The van der Waals surface area contributed by atoms with Gasteiger partial charge in [-0.15, -0.1) is 12.4 Å². The number of hydrogen-bond donors (Lipinski definition) is 1. The van der Waals surface area contributed by atoms with E-state index in [9.17, 15) is 4.79 Å². The van der Waals surface area contributed by atoms with E-state index in [-0.39, 0.29) is 29.6 Å². The first-order valence-corrected chi connectivity index (χ1v) is 6.83. The van der Waals surface area contributed by atoms with Gasteiger partial charge in [0.15, 0.2) is 11.0 Å². The first kappa shape index (κ1) is 14.7. The number of nitrogens with two attached hydrogens (primary N) is 1. The molecule has 1 aliphatic carbocycles. The molecule has 0 radical (unpaired) electrons. The maximum atomic E-state index is 12.2. The zero-order chi connectivity index (χ0) is 12.7. The Bertz CT molecular complexity index is 463. The molecule has 4 nitrogen and oxygen atoms in total. The molecule has 106 valence electrons. The summed E-state index contributed by atoms with van der Waals surface area (Å²) in [7, 11) is 0. The molecule has 3 atom stereocenters. The highest BCUT2D eigenvalue weighted by molar-refractivity contribution is 6.29. The second-order valence-corrected chi connectivity index (χ2v) is 5.71. The van der Waals surface area contributed by atoms with Crippen molar-refractivity contribution in [2.24, 2.45) is 17.6 Å². The Hall–Kier alpha value is -0.710. The SMILES string of the molecule is Cl.NC1CCCC2CN(C(=O)c3ccc(Cl)o3)CC12. The standard InChI is InChI=1S/C13H17ClN2O2.ClH/c14-12-5-4-11(18-12)13(17)16-6-8-2-1-3-10(15)9(8)7-16;/h4-5,8-10H,1-3,6-7,15H2;1H. The van der Waals surface area contributed by atoms with Crippen LogP contribution in [0, 0.1) is 11.8 Å². The van der Waals surface area contributed by atoms with E-state index in [0.29, 0.717) is 17.6 Å². The molecule has 0 aromatic carbocycles. The lowest BCUT2D eigenvalue weighted by Gasteiger charge is -2.29. The number of carbonyl (C=O) groups is 1. The largest absolute Gasteiger partial charge is 0.440 e. The number of furan rings is 1. The molecule has 2 N–H and O–H groups in total. The molecule has 0 spiro atoms. The van der Waals surface area contributed by atoms with E-state index in [4.69, 9.17) is 21.8 Å². The summed E-state index contributed by atoms with van der Waals surface area (Å²) in [5.74, 6) is 1.27. The van der Waals surface area contributed by atoms with Crippen LogP contribution in [-0.4, -0.2) is 29.9 Å². The normalized spacial score (nSPS) is 29.8. The van der Waals surface area contributed by atoms with E-state index in [0.717, 1.165) is 19.5 Å². The molecule has 1 aromatic heterocycles. The Kier molecular flexibility index (Phi) is 4.43. The molecule has 6 heteroatoms. The third-order valence-corrected chi connectivity index (χ3v) is 4.43. The monoisotopic (exact) mass is 304 g/mol. The number of carbonyl (C=O) groups excluding carboxylic acids is 1. The predicted octanol–water partition coefficient (Wildman–Crippen LogP) is 2.55. The van der Waals surface area contributed by atoms with Crippen molar-refractivity contribution in [2.75, 3.05) is 13.1 Å². The lowest BCUT2D eigenvalue weighted by Crippen LogP contribution is -2.38. The predicted molar refractivity (Wildman–Crippen MR) is 75.7 cm³/mol. The van der Waals surface area contributed by atoms with Gasteiger partial charge in [-0.3, -0.25) is 4.79 Å². The third kappa shape index (κ3) is 2.76. The third-order valence-electron chi connectivity index (χ3n) is 4.23. The summed E-state index contributed by atoms with van der Waals surface area (Å²) in [6.07, 6.45) is 3.44. The molecule has 1 amide bonds. The quantitative estimate of drug-likeness (QED) is 0.867. The second kappa shape index (κ2) is 5.73. The summed E-state index contributed by atoms with van der Waals surface area (Å²) in [6.45, 7) is 1.55. The van der Waals surface area contributed by atoms with Crippen LogP contribution in [0.1, 0.15) is 29.8 Å². The zero-order valence-corrected chi connectivity index (χ0v) is 12.1. The maximum absolute atomic E-state index is 12.2. The van der Waals surface area contributed by atoms with Gasteiger partial charge in [0.1, 0.15) is 0 Å². The van der Waals surface area contributed by atoms with Gasteiger partial charge in [0, 0.05) is 19.1 Å². The maximum Gasteiger partial charge on any atom is 0.289 e. The van der Waals surface area contributed by atoms with E-state index < -0.39 is 0 Å². The van der Waals surface area contributed by atoms with Crippen molar-refractivity contribution in [1.82, 2.24) is 4.90 Å². The summed E-state index contributed by atoms with van der Waals surface area (Å²) >= 11 is 5.70. The molecule has 3 unspecified atom stereocenters. The van der Waals surface area contributed by atoms with Crippen molar-refractivity contribution in [1.29, 1.82) is 0 Å². The van der Waals surface area contributed by atoms with Crippen molar-refractivity contribution < 1.29 is 9.21 Å². The fraction of sp³-hybridized carbons (Fsp3) is 0.615. The van der Waals surface area contributed by atoms with Gasteiger partial charge in [0.25, 0.3) is 5.91 Å². The number of hydrogen-bond acceptors (Lipinski definition) is 3. The van der Waals surface area contributed by atoms with Crippen LogP contribution in [-0.2, 0) is 0 Å². The lowest BCUT2D eigenvalue weighted by atomic mass is 9.78. The van der Waals surface area contributed by atoms with E-state index in [1.165, 1.54) is 12.8 Å². The molecule has 1 aromatic rings. The van der Waals surface area contributed by atoms with Gasteiger partial charge < -0.3 is 15.1 Å². The smallest absolute Gasteiger partial charge is 0.289 e. The van der Waals surface area contributed by atoms with Crippen molar-refractivity contribution in [2.45, 2.75) is 25.3 Å². The van der Waals surface area contributed by atoms with Crippen LogP contribution in [0.5, 0.6) is 0 Å². The molecule has 3 rings (SSSR count). The summed E-state index contributed by atoms with van der Waals surface area (Å²) < 4.78 is 5.18. The first-order valence-electron chi connectivity index (χ1n) is 6.45. The molecule has 2 aliphatic rings. The number of halogens is 2. The van der Waals surface area contributed by atoms with Crippen molar-refractivity contribution in [3.05, 3.63) is 23.1 Å². The van der Waals surface area contributed by atoms with E-state index in [1.807, 2.05) is 4.90 Å². The Morgan fingerprint density at radius 3 is 2.79 bits per heavy atom. The van der Waals surface area contributed by atoms with Crippen LogP contribution in [0.3, 0.4) is 0 Å². The van der Waals surface area contributed by atoms with Gasteiger partial charge in [0.2, 0.25) is 0 Å². The van der Waals surface area contributed by atoms with Crippen LogP contribution >= 0.6 is 24.0 Å². The van der Waals surface area contributed by atoms with Gasteiger partial charge >= 0.3 is 0 Å². The fourth-order valence-corrected chi connectivity index (χ4v) is 3.41. The highest BCUT2D eigenvalue weighted by Crippen LogP contribution is 2.36. The second-order valence-electron chi connectivity index (χ2n) is 5.33. The number of likely N-dealkylation sites (tertiary alicyclic amines) is 1. The Balaban J connectivity index is 0.00000133. The van der Waals surface area contributed by atoms with Crippen LogP contribution in [0.15, 0.2) is 16.5 Å². The minimum Gasteiger partial charge on any atom is -0.440 e. The van der Waals surface area contributed by atoms with E-state index in [1.54, 1.807) is 12.1 Å².